The lowest BCUT2D eigenvalue weighted by Gasteiger charge is -2.29. The lowest BCUT2D eigenvalue weighted by Crippen LogP contribution is -2.31. The van der Waals surface area contributed by atoms with Gasteiger partial charge in [-0.15, -0.1) is 10.2 Å². The van der Waals surface area contributed by atoms with Crippen LogP contribution >= 0.6 is 0 Å². The molecule has 1 aliphatic carbocycles. The van der Waals surface area contributed by atoms with Gasteiger partial charge in [0.2, 0.25) is 5.91 Å². The maximum Gasteiger partial charge on any atom is 0.293 e. The molecule has 0 spiro atoms. The number of aryl methyl sites for hydroxylation is 1. The van der Waals surface area contributed by atoms with Crippen LogP contribution in [0.4, 0.5) is 5.82 Å². The standard InChI is InChI=1S/C29H48N6O3.C15H32O4.C10H22O3.C5H10O2/c1-5-7-11-24-32-26-27(29(38-21(3)4)34-33-28(26)30)35(24)20-23-15-13-22(14-16-23)19-31-25(36)12-9-8-10-18-37-17-6-2;1-3-8-16-10-6-5-7-11-18-13-15-19-14-12-17-9-4-2;1-3-5-11-7-9-13-10-8-12-6-4-2;1-5(2,3)7-4-6/h8-9,21-23H,5-7,10-20H2,1-4H3,(H2,30,33)(H,31,36);3-15H2,1-2H3;3-10H2,1-2H3;4H,1-3H3/b9-8+;;;. The van der Waals surface area contributed by atoms with E-state index in [1.54, 1.807) is 0 Å². The van der Waals surface area contributed by atoms with Crippen LogP contribution < -0.4 is 15.8 Å². The maximum atomic E-state index is 12.2. The van der Waals surface area contributed by atoms with Gasteiger partial charge in [0.05, 0.1) is 65.6 Å². The average molecular weight is 1100 g/mol. The van der Waals surface area contributed by atoms with E-state index < -0.39 is 0 Å². The Morgan fingerprint density at radius 1 is 0.623 bits per heavy atom. The van der Waals surface area contributed by atoms with E-state index in [1.807, 2.05) is 46.8 Å². The van der Waals surface area contributed by atoms with Crippen LogP contribution in [0.15, 0.2) is 12.2 Å². The van der Waals surface area contributed by atoms with Crippen molar-refractivity contribution in [1.29, 1.82) is 0 Å². The van der Waals surface area contributed by atoms with Crippen LogP contribution in [0.1, 0.15) is 185 Å². The first kappa shape index (κ1) is 73.5. The van der Waals surface area contributed by atoms with Crippen molar-refractivity contribution in [3.8, 4) is 5.88 Å². The van der Waals surface area contributed by atoms with Crippen LogP contribution in [-0.4, -0.2) is 156 Å². The molecule has 0 radical (unpaired) electrons. The van der Waals surface area contributed by atoms with Gasteiger partial charge in [0.25, 0.3) is 12.4 Å². The second kappa shape index (κ2) is 51.9. The molecule has 77 heavy (non-hydrogen) atoms. The number of hydrogen-bond acceptors (Lipinski definition) is 16. The van der Waals surface area contributed by atoms with Crippen LogP contribution in [0.2, 0.25) is 0 Å². The zero-order valence-electron chi connectivity index (χ0n) is 50.5. The minimum Gasteiger partial charge on any atom is -0.472 e. The molecule has 1 saturated carbocycles. The molecule has 18 heteroatoms. The van der Waals surface area contributed by atoms with E-state index >= 15 is 0 Å². The zero-order chi connectivity index (χ0) is 57.0. The SMILES string of the molecule is CC(C)(C)OC=O.CCCCc1nc2c(N)nnc(OC(C)C)c2n1CC1CCC(CNC(=O)C/C=C/CCOCCC)CC1.CCCOCCCCCOCCOCCOCCC.CCCOCCOCCOCCC. The van der Waals surface area contributed by atoms with Gasteiger partial charge in [-0.25, -0.2) is 4.98 Å². The summed E-state index contributed by atoms with van der Waals surface area (Å²) in [6.45, 7) is 36.3. The first-order valence-electron chi connectivity index (χ1n) is 29.6. The van der Waals surface area contributed by atoms with Crippen molar-refractivity contribution in [3.63, 3.8) is 0 Å². The van der Waals surface area contributed by atoms with Crippen molar-refractivity contribution in [2.45, 2.75) is 204 Å². The van der Waals surface area contributed by atoms with Gasteiger partial charge in [-0.3, -0.25) is 9.59 Å². The minimum absolute atomic E-state index is 0.0143. The number of nitrogens with one attached hydrogen (secondary N) is 1. The van der Waals surface area contributed by atoms with Crippen LogP contribution in [0.25, 0.3) is 11.0 Å². The summed E-state index contributed by atoms with van der Waals surface area (Å²) in [5, 5.41) is 11.5. The molecule has 0 aromatic carbocycles. The largest absolute Gasteiger partial charge is 0.472 e. The number of nitrogens with zero attached hydrogens (tertiary/aromatic N) is 4. The fourth-order valence-corrected chi connectivity index (χ4v) is 7.52. The van der Waals surface area contributed by atoms with Gasteiger partial charge in [-0.2, -0.15) is 0 Å². The minimum atomic E-state index is -0.318. The number of ether oxygens (including phenoxy) is 10. The zero-order valence-corrected chi connectivity index (χ0v) is 50.5. The normalized spacial score (nSPS) is 14.4. The summed E-state index contributed by atoms with van der Waals surface area (Å²) in [5.74, 6) is 3.07. The lowest BCUT2D eigenvalue weighted by molar-refractivity contribution is -0.138. The van der Waals surface area contributed by atoms with E-state index in [9.17, 15) is 9.59 Å². The molecule has 3 N–H and O–H groups in total. The van der Waals surface area contributed by atoms with Gasteiger partial charge in [0, 0.05) is 72.2 Å². The summed E-state index contributed by atoms with van der Waals surface area (Å²) in [7, 11) is 0. The van der Waals surface area contributed by atoms with E-state index in [-0.39, 0.29) is 17.6 Å². The summed E-state index contributed by atoms with van der Waals surface area (Å²) in [4.78, 5) is 26.7. The third-order valence-electron chi connectivity index (χ3n) is 11.4. The molecule has 450 valence electrons. The van der Waals surface area contributed by atoms with Crippen LogP contribution in [0.3, 0.4) is 0 Å². The monoisotopic (exact) mass is 1100 g/mol. The molecule has 0 bridgehead atoms. The fraction of sp³-hybridized carbons (Fsp3) is 0.847. The number of fused-ring (bicyclic) bond motifs is 1. The number of rotatable bonds is 43. The first-order chi connectivity index (χ1) is 37.3. The number of hydrogen-bond donors (Lipinski definition) is 2. The fourth-order valence-electron chi connectivity index (χ4n) is 7.52. The van der Waals surface area contributed by atoms with E-state index in [4.69, 9.17) is 53.3 Å². The van der Waals surface area contributed by atoms with Gasteiger partial charge in [0.15, 0.2) is 5.82 Å². The summed E-state index contributed by atoms with van der Waals surface area (Å²) in [6.07, 6.45) is 21.6. The van der Waals surface area contributed by atoms with Gasteiger partial charge in [0.1, 0.15) is 22.5 Å². The second-order valence-electron chi connectivity index (χ2n) is 20.4. The van der Waals surface area contributed by atoms with E-state index in [2.05, 4.69) is 66.4 Å². The van der Waals surface area contributed by atoms with Gasteiger partial charge in [-0.05, 0) is 136 Å². The maximum absolute atomic E-state index is 12.2. The van der Waals surface area contributed by atoms with Gasteiger partial charge < -0.3 is 63.0 Å². The highest BCUT2D eigenvalue weighted by atomic mass is 16.6. The Balaban J connectivity index is 0.00000122. The number of imidazole rings is 1. The summed E-state index contributed by atoms with van der Waals surface area (Å²) >= 11 is 0. The Morgan fingerprint density at radius 3 is 1.55 bits per heavy atom. The van der Waals surface area contributed by atoms with E-state index in [0.717, 1.165) is 174 Å². The van der Waals surface area contributed by atoms with E-state index in [0.29, 0.717) is 94.8 Å². The summed E-state index contributed by atoms with van der Waals surface area (Å²) < 4.78 is 55.7. The predicted molar refractivity (Wildman–Crippen MR) is 310 cm³/mol. The molecule has 0 atom stereocenters. The Labute approximate surface area is 467 Å². The van der Waals surface area contributed by atoms with Crippen LogP contribution in [0, 0.1) is 11.8 Å². The van der Waals surface area contributed by atoms with Crippen molar-refractivity contribution in [2.24, 2.45) is 11.8 Å². The predicted octanol–water partition coefficient (Wildman–Crippen LogP) is 11.1. The third-order valence-corrected chi connectivity index (χ3v) is 11.4. The number of aromatic nitrogens is 4. The number of unbranched alkanes of at least 4 members (excludes halogenated alkanes) is 3. The Hall–Kier alpha value is -3.49. The summed E-state index contributed by atoms with van der Waals surface area (Å²) in [6, 6.07) is 0. The number of carbonyl (C=O) groups is 2. The first-order valence-corrected chi connectivity index (χ1v) is 29.6. The average Bonchev–Trinajstić information content (AvgIpc) is 3.78. The van der Waals surface area contributed by atoms with Crippen molar-refractivity contribution < 1.29 is 57.0 Å². The molecule has 1 amide bonds. The molecule has 1 aliphatic rings. The number of nitrogen functional groups attached to an aromatic ring is 1. The Morgan fingerprint density at radius 2 is 1.09 bits per heavy atom. The number of amides is 1. The van der Waals surface area contributed by atoms with Crippen molar-refractivity contribution in [1.82, 2.24) is 25.1 Å². The van der Waals surface area contributed by atoms with Crippen molar-refractivity contribution >= 4 is 29.2 Å². The quantitative estimate of drug-likeness (QED) is 0.0359. The number of carbonyl (C=O) groups excluding carboxylic acids is 2. The molecular formula is C59H112N6O12. The van der Waals surface area contributed by atoms with Gasteiger partial charge in [-0.1, -0.05) is 60.1 Å². The second-order valence-corrected chi connectivity index (χ2v) is 20.4. The molecule has 0 aliphatic heterocycles. The molecule has 2 aromatic rings. The number of anilines is 1. The molecule has 2 heterocycles. The highest BCUT2D eigenvalue weighted by Gasteiger charge is 2.26. The molecule has 0 saturated heterocycles. The molecule has 3 rings (SSSR count). The molecule has 1 fully saturated rings. The molecule has 0 unspecified atom stereocenters. The highest BCUT2D eigenvalue weighted by Crippen LogP contribution is 2.34. The smallest absolute Gasteiger partial charge is 0.293 e. The molecule has 2 aromatic heterocycles. The lowest BCUT2D eigenvalue weighted by atomic mass is 9.82. The molecule has 18 nitrogen and oxygen atoms in total. The van der Waals surface area contributed by atoms with Crippen molar-refractivity contribution in [2.75, 3.05) is 118 Å². The topological polar surface area (TPSA) is 208 Å². The molecular weight excluding hydrogens is 985 g/mol. The van der Waals surface area contributed by atoms with Crippen LogP contribution in [-0.2, 0) is 65.2 Å². The van der Waals surface area contributed by atoms with E-state index in [1.165, 1.54) is 6.42 Å². The van der Waals surface area contributed by atoms with Gasteiger partial charge >= 0.3 is 0 Å². The third kappa shape index (κ3) is 43.0. The Bertz CT molecular complexity index is 1640. The van der Waals surface area contributed by atoms with Crippen molar-refractivity contribution in [3.05, 3.63) is 18.0 Å². The van der Waals surface area contributed by atoms with Crippen LogP contribution in [0.5, 0.6) is 5.88 Å². The highest BCUT2D eigenvalue weighted by molar-refractivity contribution is 5.88. The Kier molecular flexibility index (Phi) is 49.6. The summed E-state index contributed by atoms with van der Waals surface area (Å²) in [5.41, 5.74) is 7.44. The number of nitrogens with two attached hydrogens (primary N) is 1.